The van der Waals surface area contributed by atoms with Crippen LogP contribution in [-0.2, 0) is 10.8 Å². The van der Waals surface area contributed by atoms with Gasteiger partial charge in [0, 0.05) is 17.9 Å². The van der Waals surface area contributed by atoms with E-state index < -0.39 is 22.4 Å². The van der Waals surface area contributed by atoms with Crippen LogP contribution < -0.4 is 5.32 Å². The molecule has 2 unspecified atom stereocenters. The van der Waals surface area contributed by atoms with Crippen LogP contribution in [0.5, 0.6) is 0 Å². The molecule has 0 fully saturated rings. The van der Waals surface area contributed by atoms with Crippen molar-refractivity contribution in [2.24, 2.45) is 5.92 Å². The quantitative estimate of drug-likeness (QED) is 0.835. The Hall–Kier alpha value is -0.810. The summed E-state index contributed by atoms with van der Waals surface area (Å²) in [6.45, 7) is 6.96. The SMILES string of the molecule is CCCNC(CS(=O)c1ccc(F)cc1F)C(C)C. The zero-order valence-electron chi connectivity index (χ0n) is 11.6. The Balaban J connectivity index is 2.76. The van der Waals surface area contributed by atoms with E-state index >= 15 is 0 Å². The van der Waals surface area contributed by atoms with Gasteiger partial charge in [-0.05, 0) is 31.0 Å². The summed E-state index contributed by atoms with van der Waals surface area (Å²) >= 11 is 0. The van der Waals surface area contributed by atoms with Crippen molar-refractivity contribution in [2.45, 2.75) is 38.1 Å². The van der Waals surface area contributed by atoms with Crippen molar-refractivity contribution in [3.63, 3.8) is 0 Å². The second kappa shape index (κ2) is 7.70. The van der Waals surface area contributed by atoms with Crippen molar-refractivity contribution in [3.8, 4) is 0 Å². The van der Waals surface area contributed by atoms with Gasteiger partial charge in [0.15, 0.2) is 0 Å². The minimum atomic E-state index is -1.46. The average Bonchev–Trinajstić information content (AvgIpc) is 2.33. The molecule has 0 radical (unpaired) electrons. The van der Waals surface area contributed by atoms with Gasteiger partial charge in [-0.3, -0.25) is 4.21 Å². The molecule has 0 spiro atoms. The fraction of sp³-hybridized carbons (Fsp3) is 0.571. The molecule has 0 aliphatic carbocycles. The van der Waals surface area contributed by atoms with Crippen LogP contribution in [0, 0.1) is 17.6 Å². The van der Waals surface area contributed by atoms with Crippen LogP contribution in [0.25, 0.3) is 0 Å². The van der Waals surface area contributed by atoms with E-state index in [2.05, 4.69) is 12.2 Å². The number of hydrogen-bond donors (Lipinski definition) is 1. The van der Waals surface area contributed by atoms with Crippen molar-refractivity contribution in [3.05, 3.63) is 29.8 Å². The van der Waals surface area contributed by atoms with Crippen molar-refractivity contribution >= 4 is 10.8 Å². The van der Waals surface area contributed by atoms with Gasteiger partial charge in [0.1, 0.15) is 11.6 Å². The zero-order chi connectivity index (χ0) is 14.4. The van der Waals surface area contributed by atoms with E-state index in [0.717, 1.165) is 25.1 Å². The first-order chi connectivity index (χ1) is 8.95. The maximum Gasteiger partial charge on any atom is 0.142 e. The fourth-order valence-electron chi connectivity index (χ4n) is 1.73. The Bertz CT molecular complexity index is 437. The molecule has 1 rings (SSSR count). The molecule has 0 saturated heterocycles. The molecular formula is C14H21F2NOS. The maximum absolute atomic E-state index is 13.6. The third-order valence-electron chi connectivity index (χ3n) is 2.93. The second-order valence-corrected chi connectivity index (χ2v) is 6.36. The third-order valence-corrected chi connectivity index (χ3v) is 4.41. The highest BCUT2D eigenvalue weighted by Gasteiger charge is 2.19. The average molecular weight is 289 g/mol. The fourth-order valence-corrected chi connectivity index (χ4v) is 3.23. The first-order valence-electron chi connectivity index (χ1n) is 6.52. The number of rotatable bonds is 7. The van der Waals surface area contributed by atoms with E-state index in [1.54, 1.807) is 0 Å². The smallest absolute Gasteiger partial charge is 0.142 e. The van der Waals surface area contributed by atoms with Gasteiger partial charge in [0.25, 0.3) is 0 Å². The summed E-state index contributed by atoms with van der Waals surface area (Å²) in [6, 6.07) is 3.24. The summed E-state index contributed by atoms with van der Waals surface area (Å²) in [7, 11) is -1.46. The number of halogens is 2. The summed E-state index contributed by atoms with van der Waals surface area (Å²) in [5.41, 5.74) is 0. The molecule has 0 amide bonds. The highest BCUT2D eigenvalue weighted by Crippen LogP contribution is 2.16. The predicted octanol–water partition coefficient (Wildman–Crippen LogP) is 3.10. The maximum atomic E-state index is 13.6. The van der Waals surface area contributed by atoms with Crippen LogP contribution in [0.2, 0.25) is 0 Å². The van der Waals surface area contributed by atoms with Crippen molar-refractivity contribution < 1.29 is 13.0 Å². The molecule has 5 heteroatoms. The number of hydrogen-bond acceptors (Lipinski definition) is 2. The number of benzene rings is 1. The van der Waals surface area contributed by atoms with Gasteiger partial charge in [0.05, 0.1) is 15.7 Å². The van der Waals surface area contributed by atoms with Gasteiger partial charge < -0.3 is 5.32 Å². The highest BCUT2D eigenvalue weighted by molar-refractivity contribution is 7.85. The van der Waals surface area contributed by atoms with Crippen molar-refractivity contribution in [1.29, 1.82) is 0 Å². The Morgan fingerprint density at radius 1 is 1.32 bits per heavy atom. The summed E-state index contributed by atoms with van der Waals surface area (Å²) in [4.78, 5) is 0.0744. The molecule has 0 aromatic heterocycles. The molecule has 0 aliphatic heterocycles. The topological polar surface area (TPSA) is 29.1 Å². The lowest BCUT2D eigenvalue weighted by molar-refractivity contribution is 0.430. The number of nitrogens with one attached hydrogen (secondary N) is 1. The van der Waals surface area contributed by atoms with Crippen molar-refractivity contribution in [2.75, 3.05) is 12.3 Å². The van der Waals surface area contributed by atoms with Crippen LogP contribution in [0.4, 0.5) is 8.78 Å². The standard InChI is InChI=1S/C14H21F2NOS/c1-4-7-17-13(10(2)3)9-19(18)14-6-5-11(15)8-12(14)16/h5-6,8,10,13,17H,4,7,9H2,1-3H3. The molecule has 1 N–H and O–H groups in total. The van der Waals surface area contributed by atoms with E-state index in [0.29, 0.717) is 11.7 Å². The molecule has 2 atom stereocenters. The first-order valence-corrected chi connectivity index (χ1v) is 7.84. The van der Waals surface area contributed by atoms with E-state index in [1.165, 1.54) is 6.07 Å². The molecule has 1 aromatic rings. The highest BCUT2D eigenvalue weighted by atomic mass is 32.2. The van der Waals surface area contributed by atoms with E-state index in [-0.39, 0.29) is 10.9 Å². The summed E-state index contributed by atoms with van der Waals surface area (Å²) in [5.74, 6) is -0.752. The lowest BCUT2D eigenvalue weighted by Gasteiger charge is -2.21. The molecule has 2 nitrogen and oxygen atoms in total. The minimum Gasteiger partial charge on any atom is -0.313 e. The molecular weight excluding hydrogens is 268 g/mol. The third kappa shape index (κ3) is 4.99. The molecule has 0 aliphatic rings. The van der Waals surface area contributed by atoms with Crippen LogP contribution in [0.15, 0.2) is 23.1 Å². The largest absolute Gasteiger partial charge is 0.313 e. The van der Waals surface area contributed by atoms with Gasteiger partial charge in [-0.15, -0.1) is 0 Å². The first kappa shape index (κ1) is 16.2. The minimum absolute atomic E-state index is 0.0604. The second-order valence-electron chi connectivity index (χ2n) is 4.89. The Morgan fingerprint density at radius 3 is 2.53 bits per heavy atom. The Kier molecular flexibility index (Phi) is 6.58. The molecule has 108 valence electrons. The zero-order valence-corrected chi connectivity index (χ0v) is 12.4. The molecule has 0 bridgehead atoms. The van der Waals surface area contributed by atoms with Gasteiger partial charge in [-0.1, -0.05) is 20.8 Å². The van der Waals surface area contributed by atoms with Crippen LogP contribution in [0.3, 0.4) is 0 Å². The normalized spacial score (nSPS) is 14.6. The lowest BCUT2D eigenvalue weighted by Crippen LogP contribution is -2.39. The molecule has 1 aromatic carbocycles. The summed E-state index contributed by atoms with van der Waals surface area (Å²) < 4.78 is 38.5. The molecule has 0 heterocycles. The predicted molar refractivity (Wildman–Crippen MR) is 74.6 cm³/mol. The van der Waals surface area contributed by atoms with Gasteiger partial charge in [-0.25, -0.2) is 8.78 Å². The monoisotopic (exact) mass is 289 g/mol. The van der Waals surface area contributed by atoms with E-state index in [1.807, 2.05) is 13.8 Å². The Labute approximate surface area is 116 Å². The van der Waals surface area contributed by atoms with Crippen molar-refractivity contribution in [1.82, 2.24) is 5.32 Å². The van der Waals surface area contributed by atoms with Gasteiger partial charge in [-0.2, -0.15) is 0 Å². The molecule has 19 heavy (non-hydrogen) atoms. The van der Waals surface area contributed by atoms with E-state index in [9.17, 15) is 13.0 Å². The van der Waals surface area contributed by atoms with Gasteiger partial charge in [0.2, 0.25) is 0 Å². The lowest BCUT2D eigenvalue weighted by atomic mass is 10.1. The Morgan fingerprint density at radius 2 is 2.00 bits per heavy atom. The van der Waals surface area contributed by atoms with Crippen LogP contribution in [-0.4, -0.2) is 22.5 Å². The van der Waals surface area contributed by atoms with Crippen LogP contribution >= 0.6 is 0 Å². The molecule has 0 saturated carbocycles. The summed E-state index contributed by atoms with van der Waals surface area (Å²) in [5, 5.41) is 3.31. The van der Waals surface area contributed by atoms with Gasteiger partial charge >= 0.3 is 0 Å². The van der Waals surface area contributed by atoms with Crippen LogP contribution in [0.1, 0.15) is 27.2 Å². The summed E-state index contributed by atoms with van der Waals surface area (Å²) in [6.07, 6.45) is 0.987. The van der Waals surface area contributed by atoms with E-state index in [4.69, 9.17) is 0 Å².